The second-order valence-corrected chi connectivity index (χ2v) is 9.15. The molecule has 188 valence electrons. The topological polar surface area (TPSA) is 128 Å². The maximum Gasteiger partial charge on any atom is 0.253 e. The Labute approximate surface area is 205 Å². The van der Waals surface area contributed by atoms with Crippen LogP contribution in [0, 0.1) is 5.92 Å². The fourth-order valence-corrected chi connectivity index (χ4v) is 4.02. The third kappa shape index (κ3) is 7.74. The summed E-state index contributed by atoms with van der Waals surface area (Å²) < 4.78 is 0. The van der Waals surface area contributed by atoms with Crippen LogP contribution in [0.3, 0.4) is 0 Å². The van der Waals surface area contributed by atoms with Gasteiger partial charge < -0.3 is 16.0 Å². The van der Waals surface area contributed by atoms with Gasteiger partial charge in [-0.3, -0.25) is 33.8 Å². The first kappa shape index (κ1) is 26.1. The van der Waals surface area contributed by atoms with E-state index in [-0.39, 0.29) is 31.3 Å². The van der Waals surface area contributed by atoms with Crippen molar-refractivity contribution in [3.63, 3.8) is 0 Å². The average molecular weight is 484 g/mol. The Hall–Kier alpha value is -3.53. The summed E-state index contributed by atoms with van der Waals surface area (Å²) in [5.41, 5.74) is 1.83. The second kappa shape index (κ2) is 12.3. The molecule has 0 radical (unpaired) electrons. The fourth-order valence-electron chi connectivity index (χ4n) is 4.02. The van der Waals surface area contributed by atoms with Crippen LogP contribution in [0.5, 0.6) is 0 Å². The first-order valence-electron chi connectivity index (χ1n) is 11.9. The van der Waals surface area contributed by atoms with Crippen LogP contribution < -0.4 is 16.0 Å². The van der Waals surface area contributed by atoms with Crippen LogP contribution in [0.1, 0.15) is 38.7 Å². The summed E-state index contributed by atoms with van der Waals surface area (Å²) in [6, 6.07) is 6.79. The van der Waals surface area contributed by atoms with E-state index < -0.39 is 29.7 Å². The van der Waals surface area contributed by atoms with Crippen LogP contribution in [0.4, 0.5) is 5.69 Å². The van der Waals surface area contributed by atoms with Crippen molar-refractivity contribution in [1.29, 1.82) is 0 Å². The number of hydrogen-bond donors (Lipinski definition) is 3. The van der Waals surface area contributed by atoms with Gasteiger partial charge in [-0.2, -0.15) is 0 Å². The Kier molecular flexibility index (Phi) is 9.13. The third-order valence-electron chi connectivity index (χ3n) is 5.99. The summed E-state index contributed by atoms with van der Waals surface area (Å²) in [5.74, 6) is -2.49. The highest BCUT2D eigenvalue weighted by atomic mass is 16.2. The van der Waals surface area contributed by atoms with E-state index in [1.807, 2.05) is 24.3 Å². The molecule has 2 heterocycles. The Morgan fingerprint density at radius 1 is 0.943 bits per heavy atom. The van der Waals surface area contributed by atoms with Crippen molar-refractivity contribution < 1.29 is 24.0 Å². The Morgan fingerprint density at radius 3 is 2.17 bits per heavy atom. The lowest BCUT2D eigenvalue weighted by Crippen LogP contribution is -2.51. The zero-order valence-electron chi connectivity index (χ0n) is 20.2. The third-order valence-corrected chi connectivity index (χ3v) is 5.99. The van der Waals surface area contributed by atoms with Gasteiger partial charge in [0.25, 0.3) is 11.8 Å². The largest absolute Gasteiger partial charge is 0.345 e. The van der Waals surface area contributed by atoms with E-state index in [9.17, 15) is 24.0 Å². The highest BCUT2D eigenvalue weighted by Gasteiger charge is 2.27. The molecule has 10 nitrogen and oxygen atoms in total. The van der Waals surface area contributed by atoms with E-state index >= 15 is 0 Å². The second-order valence-electron chi connectivity index (χ2n) is 9.15. The number of likely N-dealkylation sites (tertiary alicyclic amines) is 1. The molecule has 1 atom stereocenters. The lowest BCUT2D eigenvalue weighted by Gasteiger charge is -2.22. The molecule has 1 fully saturated rings. The van der Waals surface area contributed by atoms with Gasteiger partial charge >= 0.3 is 0 Å². The molecule has 0 bridgehead atoms. The number of amides is 5. The minimum absolute atomic E-state index is 0.0673. The molecule has 0 aromatic heterocycles. The zero-order valence-corrected chi connectivity index (χ0v) is 20.2. The summed E-state index contributed by atoms with van der Waals surface area (Å²) in [6.45, 7) is 6.36. The van der Waals surface area contributed by atoms with E-state index in [0.29, 0.717) is 5.69 Å². The lowest BCUT2D eigenvalue weighted by molar-refractivity contribution is -0.137. The summed E-state index contributed by atoms with van der Waals surface area (Å²) in [4.78, 5) is 63.8. The van der Waals surface area contributed by atoms with E-state index in [4.69, 9.17) is 0 Å². The number of rotatable bonds is 11. The van der Waals surface area contributed by atoms with Gasteiger partial charge in [-0.15, -0.1) is 0 Å². The van der Waals surface area contributed by atoms with Crippen LogP contribution in [0.2, 0.25) is 0 Å². The number of carbonyl (C=O) groups is 5. The minimum Gasteiger partial charge on any atom is -0.345 e. The summed E-state index contributed by atoms with van der Waals surface area (Å²) in [6.07, 6.45) is 4.65. The van der Waals surface area contributed by atoms with Crippen molar-refractivity contribution in [2.75, 3.05) is 31.5 Å². The van der Waals surface area contributed by atoms with Gasteiger partial charge in [0, 0.05) is 37.3 Å². The van der Waals surface area contributed by atoms with Crippen molar-refractivity contribution in [3.05, 3.63) is 42.0 Å². The maximum absolute atomic E-state index is 12.6. The number of imide groups is 1. The molecule has 1 saturated heterocycles. The van der Waals surface area contributed by atoms with Gasteiger partial charge in [-0.25, -0.2) is 0 Å². The fraction of sp³-hybridized carbons (Fsp3) is 0.480. The molecule has 35 heavy (non-hydrogen) atoms. The van der Waals surface area contributed by atoms with Gasteiger partial charge in [0.1, 0.15) is 6.04 Å². The van der Waals surface area contributed by atoms with E-state index in [1.165, 1.54) is 18.4 Å². The molecule has 3 rings (SSSR count). The highest BCUT2D eigenvalue weighted by Crippen LogP contribution is 2.15. The molecule has 1 unspecified atom stereocenters. The van der Waals surface area contributed by atoms with Gasteiger partial charge in [0.2, 0.25) is 17.7 Å². The van der Waals surface area contributed by atoms with E-state index in [0.717, 1.165) is 36.7 Å². The molecule has 1 aromatic carbocycles. The van der Waals surface area contributed by atoms with Gasteiger partial charge in [-0.1, -0.05) is 26.0 Å². The standard InChI is InChI=1S/C25H33N5O5/c1-17(2)24(28-20(31)11-14-30-22(33)9-10-23(30)34)25(35)26-15-21(32)27-19-7-5-18(6-8-19)16-29-12-3-4-13-29/h5-10,17,24H,3-4,11-16H2,1-2H3,(H,26,35)(H,27,32)(H,28,31). The van der Waals surface area contributed by atoms with Gasteiger partial charge in [0.05, 0.1) is 6.54 Å². The van der Waals surface area contributed by atoms with E-state index in [1.54, 1.807) is 13.8 Å². The van der Waals surface area contributed by atoms with Crippen molar-refractivity contribution in [3.8, 4) is 0 Å². The first-order chi connectivity index (χ1) is 16.7. The van der Waals surface area contributed by atoms with Crippen LogP contribution in [0.15, 0.2) is 36.4 Å². The zero-order chi connectivity index (χ0) is 25.4. The van der Waals surface area contributed by atoms with Crippen LogP contribution in [-0.4, -0.2) is 71.6 Å². The van der Waals surface area contributed by atoms with E-state index in [2.05, 4.69) is 20.9 Å². The molecule has 1 aromatic rings. The minimum atomic E-state index is -0.858. The van der Waals surface area contributed by atoms with Crippen LogP contribution in [-0.2, 0) is 30.5 Å². The molecule has 0 saturated carbocycles. The maximum atomic E-state index is 12.6. The smallest absolute Gasteiger partial charge is 0.253 e. The molecule has 3 N–H and O–H groups in total. The average Bonchev–Trinajstić information content (AvgIpc) is 3.45. The van der Waals surface area contributed by atoms with Crippen molar-refractivity contribution in [2.24, 2.45) is 5.92 Å². The lowest BCUT2D eigenvalue weighted by atomic mass is 10.0. The monoisotopic (exact) mass is 483 g/mol. The summed E-state index contributed by atoms with van der Waals surface area (Å²) >= 11 is 0. The molecule has 2 aliphatic rings. The molecule has 0 spiro atoms. The number of nitrogens with one attached hydrogen (secondary N) is 3. The van der Waals surface area contributed by atoms with Crippen molar-refractivity contribution in [1.82, 2.24) is 20.4 Å². The number of carbonyl (C=O) groups excluding carboxylic acids is 5. The Morgan fingerprint density at radius 2 is 1.57 bits per heavy atom. The molecule has 0 aliphatic carbocycles. The predicted octanol–water partition coefficient (Wildman–Crippen LogP) is 0.793. The number of hydrogen-bond acceptors (Lipinski definition) is 6. The van der Waals surface area contributed by atoms with Crippen LogP contribution >= 0.6 is 0 Å². The van der Waals surface area contributed by atoms with Crippen LogP contribution in [0.25, 0.3) is 0 Å². The van der Waals surface area contributed by atoms with Crippen molar-refractivity contribution in [2.45, 2.75) is 45.7 Å². The Bertz CT molecular complexity index is 964. The summed E-state index contributed by atoms with van der Waals surface area (Å²) in [5, 5.41) is 7.94. The quantitative estimate of drug-likeness (QED) is 0.400. The molecule has 2 aliphatic heterocycles. The number of nitrogens with zero attached hydrogens (tertiary/aromatic N) is 2. The number of benzene rings is 1. The first-order valence-corrected chi connectivity index (χ1v) is 11.9. The predicted molar refractivity (Wildman–Crippen MR) is 130 cm³/mol. The molecular formula is C25H33N5O5. The SMILES string of the molecule is CC(C)C(NC(=O)CCN1C(=O)C=CC1=O)C(=O)NCC(=O)Nc1ccc(CN2CCCC2)cc1. The normalized spacial score (nSPS) is 16.6. The molecule has 10 heteroatoms. The highest BCUT2D eigenvalue weighted by molar-refractivity contribution is 6.13. The van der Waals surface area contributed by atoms with Crippen molar-refractivity contribution >= 4 is 35.2 Å². The summed E-state index contributed by atoms with van der Waals surface area (Å²) in [7, 11) is 0. The van der Waals surface area contributed by atoms with Gasteiger partial charge in [-0.05, 0) is 49.5 Å². The number of anilines is 1. The molecule has 5 amide bonds. The molecular weight excluding hydrogens is 450 g/mol. The Balaban J connectivity index is 1.41. The van der Waals surface area contributed by atoms with Gasteiger partial charge in [0.15, 0.2) is 0 Å².